The second-order valence-electron chi connectivity index (χ2n) is 3.73. The minimum absolute atomic E-state index is 0.222. The lowest BCUT2D eigenvalue weighted by Gasteiger charge is -2.15. The van der Waals surface area contributed by atoms with Crippen molar-refractivity contribution in [3.8, 4) is 0 Å². The number of hydrogen-bond donors (Lipinski definition) is 2. The van der Waals surface area contributed by atoms with Crippen molar-refractivity contribution in [1.29, 1.82) is 0 Å². The summed E-state index contributed by atoms with van der Waals surface area (Å²) >= 11 is 7.39. The molecule has 1 aliphatic rings. The Kier molecular flexibility index (Phi) is 3.44. The highest BCUT2D eigenvalue weighted by Crippen LogP contribution is 2.25. The van der Waals surface area contributed by atoms with E-state index in [-0.39, 0.29) is 6.10 Å². The Hall–Kier alpha value is -0.0900. The van der Waals surface area contributed by atoms with Crippen LogP contribution in [-0.4, -0.2) is 24.3 Å². The summed E-state index contributed by atoms with van der Waals surface area (Å²) in [7, 11) is 0. The molecule has 1 unspecified atom stereocenters. The van der Waals surface area contributed by atoms with Crippen LogP contribution in [0.15, 0.2) is 12.1 Å². The number of rotatable bonds is 3. The second-order valence-corrected chi connectivity index (χ2v) is 5.53. The van der Waals surface area contributed by atoms with E-state index in [1.165, 1.54) is 4.88 Å². The molecular weight excluding hydrogens is 218 g/mol. The Bertz CT molecular complexity index is 296. The zero-order valence-electron chi connectivity index (χ0n) is 7.87. The summed E-state index contributed by atoms with van der Waals surface area (Å²) in [6.07, 6.45) is 1.60. The van der Waals surface area contributed by atoms with Crippen LogP contribution in [-0.2, 0) is 6.42 Å². The molecule has 0 radical (unpaired) electrons. The van der Waals surface area contributed by atoms with Gasteiger partial charge in [-0.3, -0.25) is 0 Å². The van der Waals surface area contributed by atoms with E-state index in [2.05, 4.69) is 5.32 Å². The first kappa shape index (κ1) is 10.4. The average molecular weight is 232 g/mol. The highest BCUT2D eigenvalue weighted by Gasteiger charge is 2.23. The average Bonchev–Trinajstić information content (AvgIpc) is 2.75. The van der Waals surface area contributed by atoms with Crippen molar-refractivity contribution in [2.24, 2.45) is 5.92 Å². The molecule has 14 heavy (non-hydrogen) atoms. The molecular formula is C10H14ClNOS. The Morgan fingerprint density at radius 2 is 2.50 bits per heavy atom. The third-order valence-electron chi connectivity index (χ3n) is 2.68. The van der Waals surface area contributed by atoms with Gasteiger partial charge in [0.1, 0.15) is 0 Å². The predicted molar refractivity (Wildman–Crippen MR) is 60.0 cm³/mol. The molecule has 78 valence electrons. The zero-order chi connectivity index (χ0) is 9.97. The summed E-state index contributed by atoms with van der Waals surface area (Å²) in [6.45, 7) is 1.98. The van der Waals surface area contributed by atoms with Gasteiger partial charge in [-0.1, -0.05) is 11.6 Å². The molecule has 4 heteroatoms. The van der Waals surface area contributed by atoms with Crippen molar-refractivity contribution in [2.75, 3.05) is 13.1 Å². The maximum atomic E-state index is 9.94. The number of aliphatic hydroxyl groups excluding tert-OH is 1. The van der Waals surface area contributed by atoms with Crippen LogP contribution in [0, 0.1) is 5.92 Å². The number of aliphatic hydroxyl groups is 1. The van der Waals surface area contributed by atoms with Gasteiger partial charge in [-0.25, -0.2) is 0 Å². The van der Waals surface area contributed by atoms with E-state index in [9.17, 15) is 5.11 Å². The van der Waals surface area contributed by atoms with Crippen LogP contribution in [0.4, 0.5) is 0 Å². The van der Waals surface area contributed by atoms with Gasteiger partial charge in [0.15, 0.2) is 0 Å². The lowest BCUT2D eigenvalue weighted by Crippen LogP contribution is -2.24. The molecule has 1 aromatic rings. The fourth-order valence-electron chi connectivity index (χ4n) is 1.84. The monoisotopic (exact) mass is 231 g/mol. The van der Waals surface area contributed by atoms with Gasteiger partial charge in [0.2, 0.25) is 0 Å². The van der Waals surface area contributed by atoms with Crippen LogP contribution < -0.4 is 5.32 Å². The topological polar surface area (TPSA) is 32.3 Å². The molecule has 2 atom stereocenters. The molecule has 1 aromatic heterocycles. The molecule has 1 saturated heterocycles. The van der Waals surface area contributed by atoms with Crippen molar-refractivity contribution in [3.05, 3.63) is 21.3 Å². The highest BCUT2D eigenvalue weighted by molar-refractivity contribution is 7.16. The van der Waals surface area contributed by atoms with Crippen LogP contribution in [0.3, 0.4) is 0 Å². The van der Waals surface area contributed by atoms with E-state index in [0.29, 0.717) is 5.92 Å². The summed E-state index contributed by atoms with van der Waals surface area (Å²) in [5.41, 5.74) is 0. The van der Waals surface area contributed by atoms with E-state index in [1.54, 1.807) is 11.3 Å². The Morgan fingerprint density at radius 1 is 1.64 bits per heavy atom. The predicted octanol–water partition coefficient (Wildman–Crippen LogP) is 1.91. The Balaban J connectivity index is 1.90. The molecule has 0 bridgehead atoms. The molecule has 2 nitrogen and oxygen atoms in total. The second kappa shape index (κ2) is 4.62. The quantitative estimate of drug-likeness (QED) is 0.833. The normalized spacial score (nSPS) is 24.0. The zero-order valence-corrected chi connectivity index (χ0v) is 9.44. The summed E-state index contributed by atoms with van der Waals surface area (Å²) in [4.78, 5) is 1.18. The van der Waals surface area contributed by atoms with E-state index in [0.717, 1.165) is 30.3 Å². The summed E-state index contributed by atoms with van der Waals surface area (Å²) in [5.74, 6) is 0.413. The fraction of sp³-hybridized carbons (Fsp3) is 0.600. The van der Waals surface area contributed by atoms with Crippen molar-refractivity contribution in [1.82, 2.24) is 5.32 Å². The first-order valence-corrected chi connectivity index (χ1v) is 6.08. The SMILES string of the molecule is OC(Cc1ccc(Cl)s1)[C@@H]1CCNC1. The minimum Gasteiger partial charge on any atom is -0.392 e. The largest absolute Gasteiger partial charge is 0.392 e. The lowest BCUT2D eigenvalue weighted by atomic mass is 9.98. The molecule has 0 amide bonds. The molecule has 1 aliphatic heterocycles. The van der Waals surface area contributed by atoms with Gasteiger partial charge in [0, 0.05) is 17.8 Å². The maximum Gasteiger partial charge on any atom is 0.0931 e. The lowest BCUT2D eigenvalue weighted by molar-refractivity contribution is 0.118. The van der Waals surface area contributed by atoms with Crippen molar-refractivity contribution in [3.63, 3.8) is 0 Å². The van der Waals surface area contributed by atoms with Gasteiger partial charge < -0.3 is 10.4 Å². The highest BCUT2D eigenvalue weighted by atomic mass is 35.5. The minimum atomic E-state index is -0.222. The van der Waals surface area contributed by atoms with Crippen LogP contribution in [0.5, 0.6) is 0 Å². The van der Waals surface area contributed by atoms with Crippen LogP contribution in [0.2, 0.25) is 4.34 Å². The molecule has 0 aromatic carbocycles. The summed E-state index contributed by atoms with van der Waals surface area (Å²) < 4.78 is 0.803. The fourth-order valence-corrected chi connectivity index (χ4v) is 2.98. The molecule has 2 N–H and O–H groups in total. The molecule has 0 aliphatic carbocycles. The summed E-state index contributed by atoms with van der Waals surface area (Å²) in [6, 6.07) is 3.89. The van der Waals surface area contributed by atoms with E-state index < -0.39 is 0 Å². The number of halogens is 1. The standard InChI is InChI=1S/C10H14ClNOS/c11-10-2-1-8(14-10)5-9(13)7-3-4-12-6-7/h1-2,7,9,12-13H,3-6H2/t7-,9?/m1/s1. The van der Waals surface area contributed by atoms with Gasteiger partial charge >= 0.3 is 0 Å². The van der Waals surface area contributed by atoms with Gasteiger partial charge in [0.05, 0.1) is 10.4 Å². The maximum absolute atomic E-state index is 9.94. The van der Waals surface area contributed by atoms with Crippen molar-refractivity contribution in [2.45, 2.75) is 18.9 Å². The third kappa shape index (κ3) is 2.48. The van der Waals surface area contributed by atoms with Gasteiger partial charge in [-0.15, -0.1) is 11.3 Å². The first-order chi connectivity index (χ1) is 6.75. The van der Waals surface area contributed by atoms with Crippen molar-refractivity contribution < 1.29 is 5.11 Å². The smallest absolute Gasteiger partial charge is 0.0931 e. The van der Waals surface area contributed by atoms with Crippen molar-refractivity contribution >= 4 is 22.9 Å². The number of nitrogens with one attached hydrogen (secondary N) is 1. The third-order valence-corrected chi connectivity index (χ3v) is 3.94. The number of hydrogen-bond acceptors (Lipinski definition) is 3. The number of thiophene rings is 1. The van der Waals surface area contributed by atoms with E-state index >= 15 is 0 Å². The van der Waals surface area contributed by atoms with E-state index in [1.807, 2.05) is 12.1 Å². The molecule has 0 saturated carbocycles. The molecule has 1 fully saturated rings. The van der Waals surface area contributed by atoms with E-state index in [4.69, 9.17) is 11.6 Å². The first-order valence-electron chi connectivity index (χ1n) is 4.88. The Morgan fingerprint density at radius 3 is 3.07 bits per heavy atom. The molecule has 2 heterocycles. The van der Waals surface area contributed by atoms with Gasteiger partial charge in [-0.05, 0) is 31.0 Å². The van der Waals surface area contributed by atoms with Gasteiger partial charge in [0.25, 0.3) is 0 Å². The van der Waals surface area contributed by atoms with Crippen LogP contribution >= 0.6 is 22.9 Å². The summed E-state index contributed by atoms with van der Waals surface area (Å²) in [5, 5.41) is 13.2. The van der Waals surface area contributed by atoms with Crippen LogP contribution in [0.25, 0.3) is 0 Å². The van der Waals surface area contributed by atoms with Crippen LogP contribution in [0.1, 0.15) is 11.3 Å². The Labute approximate surface area is 92.9 Å². The molecule has 0 spiro atoms. The van der Waals surface area contributed by atoms with Gasteiger partial charge in [-0.2, -0.15) is 0 Å². The molecule has 2 rings (SSSR count).